The highest BCUT2D eigenvalue weighted by molar-refractivity contribution is 9.10. The van der Waals surface area contributed by atoms with Crippen LogP contribution in [0.2, 0.25) is 0 Å². The molecule has 0 aromatic heterocycles. The fourth-order valence-electron chi connectivity index (χ4n) is 2.64. The largest absolute Gasteiger partial charge is 0.494 e. The zero-order valence-corrected chi connectivity index (χ0v) is 18.6. The minimum absolute atomic E-state index is 0.208. The number of hydrogen-bond acceptors (Lipinski definition) is 3. The molecule has 0 unspecified atom stereocenters. The van der Waals surface area contributed by atoms with E-state index in [1.807, 2.05) is 36.4 Å². The Bertz CT molecular complexity index is 761. The van der Waals surface area contributed by atoms with Crippen LogP contribution in [-0.4, -0.2) is 19.1 Å². The predicted molar refractivity (Wildman–Crippen MR) is 119 cm³/mol. The number of anilines is 1. The Balaban J connectivity index is 2.02. The van der Waals surface area contributed by atoms with Gasteiger partial charge in [-0.1, -0.05) is 62.0 Å². The van der Waals surface area contributed by atoms with Gasteiger partial charge in [-0.3, -0.25) is 4.79 Å². The van der Waals surface area contributed by atoms with Gasteiger partial charge in [0.15, 0.2) is 0 Å². The number of ether oxygens (including phenoxy) is 2. The second-order valence-corrected chi connectivity index (χ2v) is 8.15. The fraction of sp³-hybridized carbons (Fsp3) is 0.435. The van der Waals surface area contributed by atoms with E-state index in [2.05, 4.69) is 42.0 Å². The molecule has 1 N–H and O–H groups in total. The SMILES string of the molecule is CCCCCCOc1cccc(NC(=O)c2cc(Br)ccc2OCC(C)C)c1. The molecule has 0 atom stereocenters. The van der Waals surface area contributed by atoms with Gasteiger partial charge in [0.2, 0.25) is 0 Å². The van der Waals surface area contributed by atoms with E-state index in [-0.39, 0.29) is 5.91 Å². The molecule has 1 amide bonds. The average molecular weight is 448 g/mol. The van der Waals surface area contributed by atoms with Gasteiger partial charge in [-0.15, -0.1) is 0 Å². The monoisotopic (exact) mass is 447 g/mol. The quantitative estimate of drug-likeness (QED) is 0.390. The second kappa shape index (κ2) is 11.7. The molecular formula is C23H30BrNO3. The van der Waals surface area contributed by atoms with Crippen LogP contribution in [0.4, 0.5) is 5.69 Å². The maximum atomic E-state index is 12.8. The van der Waals surface area contributed by atoms with Crippen molar-refractivity contribution in [2.75, 3.05) is 18.5 Å². The summed E-state index contributed by atoms with van der Waals surface area (Å²) >= 11 is 3.43. The van der Waals surface area contributed by atoms with Crippen molar-refractivity contribution in [1.29, 1.82) is 0 Å². The van der Waals surface area contributed by atoms with Crippen molar-refractivity contribution in [1.82, 2.24) is 0 Å². The maximum Gasteiger partial charge on any atom is 0.259 e. The first kappa shape index (κ1) is 22.3. The Kier molecular flexibility index (Phi) is 9.35. The van der Waals surface area contributed by atoms with Gasteiger partial charge >= 0.3 is 0 Å². The maximum absolute atomic E-state index is 12.8. The highest BCUT2D eigenvalue weighted by atomic mass is 79.9. The number of halogens is 1. The Labute approximate surface area is 176 Å². The number of amides is 1. The number of benzene rings is 2. The first-order valence-electron chi connectivity index (χ1n) is 9.96. The molecule has 0 aliphatic rings. The van der Waals surface area contributed by atoms with Crippen LogP contribution in [0.25, 0.3) is 0 Å². The molecule has 5 heteroatoms. The van der Waals surface area contributed by atoms with Gasteiger partial charge in [-0.25, -0.2) is 0 Å². The van der Waals surface area contributed by atoms with Gasteiger partial charge in [-0.2, -0.15) is 0 Å². The Morgan fingerprint density at radius 3 is 2.64 bits per heavy atom. The molecule has 0 heterocycles. The Morgan fingerprint density at radius 2 is 1.89 bits per heavy atom. The zero-order valence-electron chi connectivity index (χ0n) is 17.0. The summed E-state index contributed by atoms with van der Waals surface area (Å²) in [6.45, 7) is 7.59. The molecule has 28 heavy (non-hydrogen) atoms. The molecule has 152 valence electrons. The third-order valence-corrected chi connectivity index (χ3v) is 4.61. The normalized spacial score (nSPS) is 10.8. The van der Waals surface area contributed by atoms with Crippen LogP contribution in [-0.2, 0) is 0 Å². The summed E-state index contributed by atoms with van der Waals surface area (Å²) in [7, 11) is 0. The molecule has 0 radical (unpaired) electrons. The van der Waals surface area contributed by atoms with E-state index in [1.165, 1.54) is 19.3 Å². The molecular weight excluding hydrogens is 418 g/mol. The highest BCUT2D eigenvalue weighted by Crippen LogP contribution is 2.26. The highest BCUT2D eigenvalue weighted by Gasteiger charge is 2.14. The lowest BCUT2D eigenvalue weighted by atomic mass is 10.1. The summed E-state index contributed by atoms with van der Waals surface area (Å²) < 4.78 is 12.5. The lowest BCUT2D eigenvalue weighted by Gasteiger charge is -2.14. The van der Waals surface area contributed by atoms with Crippen LogP contribution in [0.1, 0.15) is 56.8 Å². The number of nitrogens with one attached hydrogen (secondary N) is 1. The fourth-order valence-corrected chi connectivity index (χ4v) is 3.00. The van der Waals surface area contributed by atoms with E-state index in [9.17, 15) is 4.79 Å². The van der Waals surface area contributed by atoms with Crippen molar-refractivity contribution in [2.45, 2.75) is 46.5 Å². The van der Waals surface area contributed by atoms with E-state index in [0.717, 1.165) is 16.6 Å². The van der Waals surface area contributed by atoms with E-state index in [4.69, 9.17) is 9.47 Å². The molecule has 0 bridgehead atoms. The molecule has 0 saturated carbocycles. The van der Waals surface area contributed by atoms with Crippen LogP contribution < -0.4 is 14.8 Å². The topological polar surface area (TPSA) is 47.6 Å². The minimum Gasteiger partial charge on any atom is -0.494 e. The zero-order chi connectivity index (χ0) is 20.4. The minimum atomic E-state index is -0.208. The molecule has 4 nitrogen and oxygen atoms in total. The van der Waals surface area contributed by atoms with Crippen LogP contribution in [0, 0.1) is 5.92 Å². The van der Waals surface area contributed by atoms with Crippen molar-refractivity contribution in [2.24, 2.45) is 5.92 Å². The average Bonchev–Trinajstić information content (AvgIpc) is 2.67. The van der Waals surface area contributed by atoms with Gasteiger partial charge in [0, 0.05) is 16.2 Å². The molecule has 0 spiro atoms. The summed E-state index contributed by atoms with van der Waals surface area (Å²) in [6.07, 6.45) is 4.65. The van der Waals surface area contributed by atoms with Gasteiger partial charge < -0.3 is 14.8 Å². The van der Waals surface area contributed by atoms with Crippen molar-refractivity contribution in [3.63, 3.8) is 0 Å². The number of unbranched alkanes of at least 4 members (excludes halogenated alkanes) is 3. The predicted octanol–water partition coefficient (Wildman–Crippen LogP) is 6.70. The molecule has 0 aliphatic heterocycles. The van der Waals surface area contributed by atoms with Crippen LogP contribution in [0.5, 0.6) is 11.5 Å². The molecule has 0 aliphatic carbocycles. The number of carbonyl (C=O) groups is 1. The lowest BCUT2D eigenvalue weighted by Crippen LogP contribution is -2.15. The summed E-state index contributed by atoms with van der Waals surface area (Å²) in [6, 6.07) is 13.0. The van der Waals surface area contributed by atoms with Gasteiger partial charge in [0.1, 0.15) is 11.5 Å². The third-order valence-electron chi connectivity index (χ3n) is 4.12. The molecule has 2 aromatic carbocycles. The standard InChI is InChI=1S/C23H30BrNO3/c1-4-5-6-7-13-27-20-10-8-9-19(15-20)25-23(26)21-14-18(24)11-12-22(21)28-16-17(2)3/h8-12,14-15,17H,4-7,13,16H2,1-3H3,(H,25,26). The first-order valence-corrected chi connectivity index (χ1v) is 10.8. The summed E-state index contributed by atoms with van der Waals surface area (Å²) in [5, 5.41) is 2.94. The third kappa shape index (κ3) is 7.55. The van der Waals surface area contributed by atoms with E-state index < -0.39 is 0 Å². The number of hydrogen-bond donors (Lipinski definition) is 1. The smallest absolute Gasteiger partial charge is 0.259 e. The van der Waals surface area contributed by atoms with Crippen LogP contribution in [0.3, 0.4) is 0 Å². The van der Waals surface area contributed by atoms with Crippen LogP contribution >= 0.6 is 15.9 Å². The number of rotatable bonds is 11. The summed E-state index contributed by atoms with van der Waals surface area (Å²) in [5.41, 5.74) is 1.20. The molecule has 2 rings (SSSR count). The summed E-state index contributed by atoms with van der Waals surface area (Å²) in [4.78, 5) is 12.8. The van der Waals surface area contributed by atoms with E-state index in [0.29, 0.717) is 36.1 Å². The Morgan fingerprint density at radius 1 is 1.07 bits per heavy atom. The van der Waals surface area contributed by atoms with Crippen molar-refractivity contribution in [3.05, 3.63) is 52.5 Å². The van der Waals surface area contributed by atoms with Crippen molar-refractivity contribution >= 4 is 27.5 Å². The van der Waals surface area contributed by atoms with Crippen molar-refractivity contribution < 1.29 is 14.3 Å². The van der Waals surface area contributed by atoms with Gasteiger partial charge in [-0.05, 0) is 42.7 Å². The van der Waals surface area contributed by atoms with Crippen LogP contribution in [0.15, 0.2) is 46.9 Å². The number of carbonyl (C=O) groups excluding carboxylic acids is 1. The second-order valence-electron chi connectivity index (χ2n) is 7.24. The molecule has 0 saturated heterocycles. The first-order chi connectivity index (χ1) is 13.5. The van der Waals surface area contributed by atoms with E-state index >= 15 is 0 Å². The lowest BCUT2D eigenvalue weighted by molar-refractivity contribution is 0.102. The Hall–Kier alpha value is -2.01. The van der Waals surface area contributed by atoms with Gasteiger partial charge in [0.05, 0.1) is 18.8 Å². The summed E-state index contributed by atoms with van der Waals surface area (Å²) in [5.74, 6) is 1.52. The van der Waals surface area contributed by atoms with Gasteiger partial charge in [0.25, 0.3) is 5.91 Å². The van der Waals surface area contributed by atoms with E-state index in [1.54, 1.807) is 6.07 Å². The molecule has 2 aromatic rings. The molecule has 0 fully saturated rings. The van der Waals surface area contributed by atoms with Crippen molar-refractivity contribution in [3.8, 4) is 11.5 Å².